The van der Waals surface area contributed by atoms with E-state index in [1.165, 1.54) is 18.2 Å². The molecule has 0 aliphatic carbocycles. The number of hydrogen-bond acceptors (Lipinski definition) is 3. The van der Waals surface area contributed by atoms with Crippen molar-refractivity contribution in [2.75, 3.05) is 11.3 Å². The van der Waals surface area contributed by atoms with Gasteiger partial charge in [0.05, 0.1) is 11.5 Å². The predicted octanol–water partition coefficient (Wildman–Crippen LogP) is 3.03. The van der Waals surface area contributed by atoms with Gasteiger partial charge in [0, 0.05) is 5.69 Å². The maximum Gasteiger partial charge on any atom is 0.261 e. The number of anilines is 1. The SMILES string of the molecule is CCOc1ccc(NS(=O)(=O)c2cccc(F)c2)cc1. The largest absolute Gasteiger partial charge is 0.494 e. The molecule has 2 aromatic carbocycles. The molecule has 106 valence electrons. The average Bonchev–Trinajstić information content (AvgIpc) is 2.41. The summed E-state index contributed by atoms with van der Waals surface area (Å²) < 4.78 is 44.8. The first kappa shape index (κ1) is 14.3. The van der Waals surface area contributed by atoms with Crippen LogP contribution in [0.2, 0.25) is 0 Å². The van der Waals surface area contributed by atoms with Gasteiger partial charge in [-0.1, -0.05) is 6.07 Å². The highest BCUT2D eigenvalue weighted by atomic mass is 32.2. The van der Waals surface area contributed by atoms with E-state index in [1.807, 2.05) is 6.92 Å². The van der Waals surface area contributed by atoms with Crippen molar-refractivity contribution in [3.8, 4) is 5.75 Å². The second kappa shape index (κ2) is 5.92. The molecule has 0 fully saturated rings. The van der Waals surface area contributed by atoms with E-state index in [-0.39, 0.29) is 4.90 Å². The standard InChI is InChI=1S/C14H14FNO3S/c1-2-19-13-8-6-12(7-9-13)16-20(17,18)14-5-3-4-11(15)10-14/h3-10,16H,2H2,1H3. The zero-order chi connectivity index (χ0) is 14.6. The molecule has 6 heteroatoms. The predicted molar refractivity (Wildman–Crippen MR) is 74.8 cm³/mol. The molecule has 4 nitrogen and oxygen atoms in total. The van der Waals surface area contributed by atoms with Gasteiger partial charge in [-0.3, -0.25) is 4.72 Å². The van der Waals surface area contributed by atoms with Crippen LogP contribution in [0, 0.1) is 5.82 Å². The molecule has 0 aliphatic rings. The molecule has 0 aromatic heterocycles. The van der Waals surface area contributed by atoms with Crippen LogP contribution >= 0.6 is 0 Å². The second-order valence-corrected chi connectivity index (χ2v) is 5.70. The van der Waals surface area contributed by atoms with Gasteiger partial charge in [-0.15, -0.1) is 0 Å². The van der Waals surface area contributed by atoms with Crippen LogP contribution in [0.25, 0.3) is 0 Å². The van der Waals surface area contributed by atoms with Gasteiger partial charge < -0.3 is 4.74 Å². The highest BCUT2D eigenvalue weighted by Gasteiger charge is 2.14. The molecule has 0 aliphatic heterocycles. The summed E-state index contributed by atoms with van der Waals surface area (Å²) in [6, 6.07) is 11.3. The van der Waals surface area contributed by atoms with Gasteiger partial charge in [-0.2, -0.15) is 0 Å². The van der Waals surface area contributed by atoms with E-state index in [4.69, 9.17) is 4.74 Å². The minimum Gasteiger partial charge on any atom is -0.494 e. The third-order valence-corrected chi connectivity index (χ3v) is 3.90. The Kier molecular flexibility index (Phi) is 4.24. The normalized spacial score (nSPS) is 11.1. The third kappa shape index (κ3) is 3.48. The van der Waals surface area contributed by atoms with Crippen LogP contribution in [0.5, 0.6) is 5.75 Å². The number of rotatable bonds is 5. The van der Waals surface area contributed by atoms with Gasteiger partial charge in [0.1, 0.15) is 11.6 Å². The monoisotopic (exact) mass is 295 g/mol. The number of ether oxygens (including phenoxy) is 1. The molecule has 0 bridgehead atoms. The highest BCUT2D eigenvalue weighted by molar-refractivity contribution is 7.92. The van der Waals surface area contributed by atoms with Crippen molar-refractivity contribution in [3.63, 3.8) is 0 Å². The molecule has 2 aromatic rings. The number of halogens is 1. The van der Waals surface area contributed by atoms with Crippen molar-refractivity contribution < 1.29 is 17.5 Å². The molecular formula is C14H14FNO3S. The Morgan fingerprint density at radius 2 is 1.85 bits per heavy atom. The number of benzene rings is 2. The molecule has 0 unspecified atom stereocenters. The molecule has 20 heavy (non-hydrogen) atoms. The summed E-state index contributed by atoms with van der Waals surface area (Å²) in [4.78, 5) is -0.119. The Morgan fingerprint density at radius 1 is 1.15 bits per heavy atom. The molecule has 0 atom stereocenters. The van der Waals surface area contributed by atoms with Crippen LogP contribution in [0.4, 0.5) is 10.1 Å². The van der Waals surface area contributed by atoms with Gasteiger partial charge in [-0.25, -0.2) is 12.8 Å². The van der Waals surface area contributed by atoms with E-state index in [2.05, 4.69) is 4.72 Å². The molecule has 0 spiro atoms. The lowest BCUT2D eigenvalue weighted by Crippen LogP contribution is -2.13. The topological polar surface area (TPSA) is 55.4 Å². The lowest BCUT2D eigenvalue weighted by atomic mass is 10.3. The maximum atomic E-state index is 13.1. The van der Waals surface area contributed by atoms with Crippen molar-refractivity contribution >= 4 is 15.7 Å². The van der Waals surface area contributed by atoms with Crippen molar-refractivity contribution in [1.82, 2.24) is 0 Å². The van der Waals surface area contributed by atoms with Crippen molar-refractivity contribution in [2.45, 2.75) is 11.8 Å². The minimum absolute atomic E-state index is 0.119. The highest BCUT2D eigenvalue weighted by Crippen LogP contribution is 2.19. The quantitative estimate of drug-likeness (QED) is 0.922. The Bertz CT molecular complexity index is 684. The summed E-state index contributed by atoms with van der Waals surface area (Å²) in [6.45, 7) is 2.40. The van der Waals surface area contributed by atoms with Gasteiger partial charge in [0.2, 0.25) is 0 Å². The smallest absolute Gasteiger partial charge is 0.261 e. The Hall–Kier alpha value is -2.08. The lowest BCUT2D eigenvalue weighted by Gasteiger charge is -2.09. The first-order valence-electron chi connectivity index (χ1n) is 6.02. The van der Waals surface area contributed by atoms with Gasteiger partial charge in [0.25, 0.3) is 10.0 Å². The van der Waals surface area contributed by atoms with Crippen molar-refractivity contribution in [1.29, 1.82) is 0 Å². The molecule has 2 rings (SSSR count). The second-order valence-electron chi connectivity index (χ2n) is 4.02. The van der Waals surface area contributed by atoms with Gasteiger partial charge in [0.15, 0.2) is 0 Å². The Morgan fingerprint density at radius 3 is 2.45 bits per heavy atom. The first-order chi connectivity index (χ1) is 9.51. The van der Waals surface area contributed by atoms with Crippen LogP contribution in [0.3, 0.4) is 0 Å². The van der Waals surface area contributed by atoms with Crippen LogP contribution in [0.15, 0.2) is 53.4 Å². The Labute approximate surface area is 117 Å². The zero-order valence-corrected chi connectivity index (χ0v) is 11.7. The van der Waals surface area contributed by atoms with Crippen LogP contribution < -0.4 is 9.46 Å². The van der Waals surface area contributed by atoms with E-state index >= 15 is 0 Å². The maximum absolute atomic E-state index is 13.1. The molecule has 0 saturated heterocycles. The summed E-state index contributed by atoms with van der Waals surface area (Å²) in [5, 5.41) is 0. The number of nitrogens with one attached hydrogen (secondary N) is 1. The molecule has 0 heterocycles. The van der Waals surface area contributed by atoms with Crippen molar-refractivity contribution in [2.24, 2.45) is 0 Å². The fraction of sp³-hybridized carbons (Fsp3) is 0.143. The van der Waals surface area contributed by atoms with E-state index < -0.39 is 15.8 Å². The van der Waals surface area contributed by atoms with Gasteiger partial charge >= 0.3 is 0 Å². The average molecular weight is 295 g/mol. The van der Waals surface area contributed by atoms with Gasteiger partial charge in [-0.05, 0) is 49.4 Å². The minimum atomic E-state index is -3.79. The Balaban J connectivity index is 2.20. The fourth-order valence-corrected chi connectivity index (χ4v) is 2.72. The number of hydrogen-bond donors (Lipinski definition) is 1. The molecule has 1 N–H and O–H groups in total. The molecular weight excluding hydrogens is 281 g/mol. The lowest BCUT2D eigenvalue weighted by molar-refractivity contribution is 0.340. The summed E-state index contributed by atoms with van der Waals surface area (Å²) in [5.74, 6) is 0.0563. The molecule has 0 saturated carbocycles. The van der Waals surface area contributed by atoms with Crippen LogP contribution in [-0.2, 0) is 10.0 Å². The summed E-state index contributed by atoms with van der Waals surface area (Å²) in [6.07, 6.45) is 0. The van der Waals surface area contributed by atoms with E-state index in [9.17, 15) is 12.8 Å². The summed E-state index contributed by atoms with van der Waals surface area (Å²) in [7, 11) is -3.79. The van der Waals surface area contributed by atoms with E-state index in [1.54, 1.807) is 24.3 Å². The van der Waals surface area contributed by atoms with Crippen LogP contribution in [0.1, 0.15) is 6.92 Å². The number of sulfonamides is 1. The summed E-state index contributed by atoms with van der Waals surface area (Å²) >= 11 is 0. The fourth-order valence-electron chi connectivity index (χ4n) is 1.63. The van der Waals surface area contributed by atoms with E-state index in [0.29, 0.717) is 18.0 Å². The molecule has 0 amide bonds. The molecule has 0 radical (unpaired) electrons. The van der Waals surface area contributed by atoms with Crippen molar-refractivity contribution in [3.05, 3.63) is 54.3 Å². The first-order valence-corrected chi connectivity index (χ1v) is 7.51. The zero-order valence-electron chi connectivity index (χ0n) is 10.8. The summed E-state index contributed by atoms with van der Waals surface area (Å²) in [5.41, 5.74) is 0.387. The van der Waals surface area contributed by atoms with E-state index in [0.717, 1.165) is 6.07 Å². The van der Waals surface area contributed by atoms with Crippen LogP contribution in [-0.4, -0.2) is 15.0 Å². The third-order valence-electron chi connectivity index (χ3n) is 2.52.